The van der Waals surface area contributed by atoms with Crippen LogP contribution in [0.3, 0.4) is 0 Å². The number of halogens is 2. The highest BCUT2D eigenvalue weighted by Gasteiger charge is 2.50. The van der Waals surface area contributed by atoms with Crippen molar-refractivity contribution in [3.05, 3.63) is 28.5 Å². The van der Waals surface area contributed by atoms with Crippen LogP contribution in [-0.4, -0.2) is 42.3 Å². The van der Waals surface area contributed by atoms with Crippen molar-refractivity contribution in [3.63, 3.8) is 0 Å². The first-order valence-corrected chi connectivity index (χ1v) is 12.0. The first kappa shape index (κ1) is 19.8. The molecule has 2 aliphatic rings. The van der Waals surface area contributed by atoms with Gasteiger partial charge in [0, 0.05) is 15.6 Å². The molecule has 9 heteroatoms. The second-order valence-electron chi connectivity index (χ2n) is 6.51. The van der Waals surface area contributed by atoms with Gasteiger partial charge in [-0.05, 0) is 31.0 Å². The topological polar surface area (TPSA) is 66.8 Å². The van der Waals surface area contributed by atoms with Crippen molar-refractivity contribution in [1.29, 1.82) is 0 Å². The Kier molecular flexibility index (Phi) is 5.79. The first-order valence-electron chi connectivity index (χ1n) is 8.49. The highest BCUT2D eigenvalue weighted by Crippen LogP contribution is 2.42. The number of amides is 1. The maximum atomic E-state index is 14.6. The van der Waals surface area contributed by atoms with Crippen molar-refractivity contribution in [3.8, 4) is 0 Å². The SMILES string of the molecule is CCC(CC)C(=O)N=C1S[C@H]2CS(=O)(=O)C[C@H]2N1c1ccc(Br)cc1F. The summed E-state index contributed by atoms with van der Waals surface area (Å²) in [6.45, 7) is 3.86. The van der Waals surface area contributed by atoms with E-state index in [4.69, 9.17) is 0 Å². The molecule has 5 nitrogen and oxygen atoms in total. The van der Waals surface area contributed by atoms with Gasteiger partial charge in [-0.1, -0.05) is 41.5 Å². The number of nitrogens with zero attached hydrogens (tertiary/aromatic N) is 2. The van der Waals surface area contributed by atoms with E-state index < -0.39 is 21.7 Å². The number of rotatable bonds is 4. The molecule has 2 heterocycles. The molecule has 0 aliphatic carbocycles. The zero-order valence-corrected chi connectivity index (χ0v) is 17.7. The average molecular weight is 463 g/mol. The summed E-state index contributed by atoms with van der Waals surface area (Å²) in [6.07, 6.45) is 1.37. The first-order chi connectivity index (χ1) is 12.3. The van der Waals surface area contributed by atoms with Crippen molar-refractivity contribution >= 4 is 54.3 Å². The van der Waals surface area contributed by atoms with E-state index in [0.717, 1.165) is 0 Å². The van der Waals surface area contributed by atoms with Crippen molar-refractivity contribution < 1.29 is 17.6 Å². The third-order valence-corrected chi connectivity index (χ3v) is 8.48. The van der Waals surface area contributed by atoms with Crippen LogP contribution >= 0.6 is 27.7 Å². The molecule has 2 aliphatic heterocycles. The fourth-order valence-electron chi connectivity index (χ4n) is 3.35. The molecule has 0 N–H and O–H groups in total. The lowest BCUT2D eigenvalue weighted by atomic mass is 10.0. The van der Waals surface area contributed by atoms with E-state index in [1.165, 1.54) is 17.8 Å². The van der Waals surface area contributed by atoms with Gasteiger partial charge in [0.15, 0.2) is 15.0 Å². The number of aliphatic imine (C=N–C) groups is 1. The Balaban J connectivity index is 2.02. The number of carbonyl (C=O) groups is 1. The van der Waals surface area contributed by atoms with Crippen molar-refractivity contribution in [1.82, 2.24) is 0 Å². The van der Waals surface area contributed by atoms with Gasteiger partial charge in [-0.25, -0.2) is 12.8 Å². The Bertz CT molecular complexity index is 856. The van der Waals surface area contributed by atoms with Gasteiger partial charge in [-0.3, -0.25) is 4.79 Å². The summed E-state index contributed by atoms with van der Waals surface area (Å²) in [7, 11) is -3.18. The molecule has 0 aromatic heterocycles. The summed E-state index contributed by atoms with van der Waals surface area (Å²) < 4.78 is 39.3. The summed E-state index contributed by atoms with van der Waals surface area (Å²) in [5.74, 6) is -0.924. The van der Waals surface area contributed by atoms with E-state index in [0.29, 0.717) is 22.5 Å². The molecule has 0 radical (unpaired) electrons. The zero-order valence-electron chi connectivity index (χ0n) is 14.5. The van der Waals surface area contributed by atoms with Gasteiger partial charge in [-0.2, -0.15) is 4.99 Å². The minimum atomic E-state index is -3.18. The summed E-state index contributed by atoms with van der Waals surface area (Å²) in [5, 5.41) is 0.157. The highest BCUT2D eigenvalue weighted by atomic mass is 79.9. The molecule has 142 valence electrons. The molecule has 0 spiro atoms. The Hall–Kier alpha value is -0.930. The van der Waals surface area contributed by atoms with Crippen LogP contribution in [0, 0.1) is 11.7 Å². The third-order valence-electron chi connectivity index (χ3n) is 4.78. The van der Waals surface area contributed by atoms with E-state index in [9.17, 15) is 17.6 Å². The van der Waals surface area contributed by atoms with Crippen LogP contribution in [0.2, 0.25) is 0 Å². The maximum Gasteiger partial charge on any atom is 0.251 e. The van der Waals surface area contributed by atoms with Crippen LogP contribution in [0.4, 0.5) is 10.1 Å². The Morgan fingerprint density at radius 1 is 1.38 bits per heavy atom. The fourth-order valence-corrected chi connectivity index (χ4v) is 7.59. The number of sulfone groups is 1. The summed E-state index contributed by atoms with van der Waals surface area (Å²) in [4.78, 5) is 18.3. The molecule has 2 atom stereocenters. The molecule has 3 rings (SSSR count). The van der Waals surface area contributed by atoms with Gasteiger partial charge < -0.3 is 4.90 Å². The molecule has 0 bridgehead atoms. The zero-order chi connectivity index (χ0) is 19.1. The van der Waals surface area contributed by atoms with Gasteiger partial charge >= 0.3 is 0 Å². The lowest BCUT2D eigenvalue weighted by Crippen LogP contribution is -2.38. The number of thioether (sulfide) groups is 1. The molecular formula is C17H20BrFN2O3S2. The van der Waals surface area contributed by atoms with Gasteiger partial charge in [-0.15, -0.1) is 0 Å². The van der Waals surface area contributed by atoms with Gasteiger partial charge in [0.05, 0.1) is 23.2 Å². The third kappa shape index (κ3) is 3.84. The molecule has 1 aromatic carbocycles. The van der Waals surface area contributed by atoms with Gasteiger partial charge in [0.1, 0.15) is 5.82 Å². The molecule has 1 aromatic rings. The van der Waals surface area contributed by atoms with Crippen molar-refractivity contribution in [2.45, 2.75) is 38.0 Å². The summed E-state index contributed by atoms with van der Waals surface area (Å²) >= 11 is 4.49. The fraction of sp³-hybridized carbons (Fsp3) is 0.529. The highest BCUT2D eigenvalue weighted by molar-refractivity contribution is 9.10. The molecule has 0 saturated carbocycles. The van der Waals surface area contributed by atoms with E-state index in [1.54, 1.807) is 17.0 Å². The number of hydrogen-bond acceptors (Lipinski definition) is 4. The number of hydrogen-bond donors (Lipinski definition) is 0. The van der Waals surface area contributed by atoms with Crippen LogP contribution in [0.1, 0.15) is 26.7 Å². The van der Waals surface area contributed by atoms with Gasteiger partial charge in [0.25, 0.3) is 5.91 Å². The lowest BCUT2D eigenvalue weighted by molar-refractivity contribution is -0.121. The molecule has 2 saturated heterocycles. The van der Waals surface area contributed by atoms with E-state index in [-0.39, 0.29) is 34.3 Å². The number of carbonyl (C=O) groups excluding carboxylic acids is 1. The second kappa shape index (κ2) is 7.59. The van der Waals surface area contributed by atoms with Crippen LogP contribution < -0.4 is 4.90 Å². The van der Waals surface area contributed by atoms with Crippen LogP contribution in [0.15, 0.2) is 27.7 Å². The lowest BCUT2D eigenvalue weighted by Gasteiger charge is -2.25. The van der Waals surface area contributed by atoms with E-state index in [1.807, 2.05) is 13.8 Å². The minimum absolute atomic E-state index is 0.0230. The monoisotopic (exact) mass is 462 g/mol. The largest absolute Gasteiger partial charge is 0.313 e. The summed E-state index contributed by atoms with van der Waals surface area (Å²) in [5.41, 5.74) is 0.251. The minimum Gasteiger partial charge on any atom is -0.313 e. The number of amidine groups is 1. The van der Waals surface area contributed by atoms with E-state index >= 15 is 0 Å². The smallest absolute Gasteiger partial charge is 0.251 e. The number of fused-ring (bicyclic) bond motifs is 1. The van der Waals surface area contributed by atoms with Crippen LogP contribution in [0.5, 0.6) is 0 Å². The predicted molar refractivity (Wildman–Crippen MR) is 107 cm³/mol. The average Bonchev–Trinajstić information content (AvgIpc) is 3.00. The van der Waals surface area contributed by atoms with Crippen molar-refractivity contribution in [2.75, 3.05) is 16.4 Å². The second-order valence-corrected chi connectivity index (χ2v) is 10.8. The Morgan fingerprint density at radius 3 is 2.69 bits per heavy atom. The van der Waals surface area contributed by atoms with Crippen LogP contribution in [-0.2, 0) is 14.6 Å². The van der Waals surface area contributed by atoms with E-state index in [2.05, 4.69) is 20.9 Å². The molecule has 1 amide bonds. The van der Waals surface area contributed by atoms with Crippen molar-refractivity contribution in [2.24, 2.45) is 10.9 Å². The predicted octanol–water partition coefficient (Wildman–Crippen LogP) is 3.63. The number of anilines is 1. The standard InChI is InChI=1S/C17H20BrFN2O3S2/c1-3-10(4-2)16(22)20-17-21(13-6-5-11(18)7-12(13)19)14-8-26(23,24)9-15(14)25-17/h5-7,10,14-15H,3-4,8-9H2,1-2H3/t14-,15+/m1/s1. The Labute approximate surface area is 165 Å². The number of benzene rings is 1. The molecule has 26 heavy (non-hydrogen) atoms. The Morgan fingerprint density at radius 2 is 2.08 bits per heavy atom. The molecule has 0 unspecified atom stereocenters. The van der Waals surface area contributed by atoms with Crippen LogP contribution in [0.25, 0.3) is 0 Å². The molecule has 2 fully saturated rings. The molecular weight excluding hydrogens is 443 g/mol. The summed E-state index contributed by atoms with van der Waals surface area (Å²) in [6, 6.07) is 4.20. The normalized spacial score (nSPS) is 25.9. The van der Waals surface area contributed by atoms with Gasteiger partial charge in [0.2, 0.25) is 0 Å². The quantitative estimate of drug-likeness (QED) is 0.683. The maximum absolute atomic E-state index is 14.6.